The van der Waals surface area contributed by atoms with Gasteiger partial charge in [-0.1, -0.05) is 50.6 Å². The zero-order chi connectivity index (χ0) is 37.6. The summed E-state index contributed by atoms with van der Waals surface area (Å²) in [5, 5.41) is 41.0. The number of aliphatic hydroxyl groups is 4. The van der Waals surface area contributed by atoms with Gasteiger partial charge < -0.3 is 20.4 Å². The molecule has 3 fully saturated rings. The summed E-state index contributed by atoms with van der Waals surface area (Å²) in [6, 6.07) is 0. The van der Waals surface area contributed by atoms with Crippen molar-refractivity contribution < 1.29 is 55.0 Å². The van der Waals surface area contributed by atoms with Crippen LogP contribution in [0, 0.1) is 22.7 Å². The molecule has 3 aliphatic rings. The largest absolute Gasteiger partial charge is 0.429 e. The second-order valence-corrected chi connectivity index (χ2v) is 13.3. The standard InChI is InChI=1S/C33H48F6O4/c1-21-23(19-24(40)20-26(21)41)11-10-22-9-6-17-30(5)25(22)12-13-27(30)29(4,15-7-14-28(2,3)42)16-8-18-31(43,32(34,35)36)33(37,38)39/h8,10-11,18,24-27,40-43H,1,6-7,9,12-17,19-20H2,2-5H3/b18-8-,22-10+,23-11-/t24-,25+,26+,27-,29+,30+/m1/s1/i2D3,3D3. The number of rotatable bonds is 9. The Kier molecular flexibility index (Phi) is 8.14. The molecular weight excluding hydrogens is 574 g/mol. The van der Waals surface area contributed by atoms with Gasteiger partial charge in [0.05, 0.1) is 17.8 Å². The Labute approximate surface area is 259 Å². The quantitative estimate of drug-likeness (QED) is 0.155. The van der Waals surface area contributed by atoms with Crippen molar-refractivity contribution in [3.8, 4) is 0 Å². The minimum Gasteiger partial charge on any atom is -0.393 e. The first kappa shape index (κ1) is 27.7. The van der Waals surface area contributed by atoms with Crippen molar-refractivity contribution >= 4 is 0 Å². The lowest BCUT2D eigenvalue weighted by atomic mass is 9.55. The fraction of sp³-hybridized carbons (Fsp3) is 0.758. The smallest absolute Gasteiger partial charge is 0.393 e. The van der Waals surface area contributed by atoms with Gasteiger partial charge in [-0.2, -0.15) is 26.3 Å². The highest BCUT2D eigenvalue weighted by Gasteiger charge is 2.69. The molecular formula is C33H48F6O4. The lowest BCUT2D eigenvalue weighted by molar-refractivity contribution is -0.347. The molecule has 246 valence electrons. The van der Waals surface area contributed by atoms with Gasteiger partial charge in [0.15, 0.2) is 0 Å². The minimum atomic E-state index is -6.06. The first-order valence-corrected chi connectivity index (χ1v) is 14.7. The molecule has 4 N–H and O–H groups in total. The van der Waals surface area contributed by atoms with E-state index >= 15 is 0 Å². The van der Waals surface area contributed by atoms with Crippen LogP contribution >= 0.6 is 0 Å². The van der Waals surface area contributed by atoms with Crippen LogP contribution in [0.25, 0.3) is 0 Å². The molecule has 0 saturated heterocycles. The van der Waals surface area contributed by atoms with Gasteiger partial charge in [0, 0.05) is 14.6 Å². The van der Waals surface area contributed by atoms with Gasteiger partial charge in [-0.05, 0) is 111 Å². The summed E-state index contributed by atoms with van der Waals surface area (Å²) in [5.41, 5.74) is -7.54. The van der Waals surface area contributed by atoms with Gasteiger partial charge in [0.1, 0.15) is 0 Å². The van der Waals surface area contributed by atoms with Gasteiger partial charge in [0.2, 0.25) is 0 Å². The molecule has 0 bridgehead atoms. The predicted octanol–water partition coefficient (Wildman–Crippen LogP) is 7.88. The number of halogens is 6. The maximum Gasteiger partial charge on any atom is 0.429 e. The Hall–Kier alpha value is -1.62. The summed E-state index contributed by atoms with van der Waals surface area (Å²) in [7, 11) is 0. The van der Waals surface area contributed by atoms with Crippen molar-refractivity contribution in [1.82, 2.24) is 0 Å². The van der Waals surface area contributed by atoms with E-state index in [0.717, 1.165) is 18.4 Å². The van der Waals surface area contributed by atoms with E-state index in [4.69, 9.17) is 8.22 Å². The number of allylic oxidation sites excluding steroid dienone is 4. The first-order chi connectivity index (χ1) is 22.0. The Morgan fingerprint density at radius 3 is 2.28 bits per heavy atom. The highest BCUT2D eigenvalue weighted by Crippen LogP contribution is 2.64. The van der Waals surface area contributed by atoms with E-state index in [0.29, 0.717) is 42.9 Å². The van der Waals surface area contributed by atoms with Crippen molar-refractivity contribution in [2.24, 2.45) is 22.7 Å². The van der Waals surface area contributed by atoms with E-state index in [1.54, 1.807) is 6.92 Å². The van der Waals surface area contributed by atoms with Crippen molar-refractivity contribution in [2.45, 2.75) is 134 Å². The van der Waals surface area contributed by atoms with Crippen LogP contribution in [0.1, 0.15) is 106 Å². The van der Waals surface area contributed by atoms with Gasteiger partial charge >= 0.3 is 12.4 Å². The van der Waals surface area contributed by atoms with Crippen LogP contribution < -0.4 is 0 Å². The molecule has 0 aliphatic heterocycles. The molecule has 0 spiro atoms. The zero-order valence-electron chi connectivity index (χ0n) is 30.7. The summed E-state index contributed by atoms with van der Waals surface area (Å²) in [4.78, 5) is 0. The third-order valence-corrected chi connectivity index (χ3v) is 10.2. The van der Waals surface area contributed by atoms with Gasteiger partial charge in [-0.3, -0.25) is 0 Å². The number of aliphatic hydroxyl groups excluding tert-OH is 2. The molecule has 10 heteroatoms. The second-order valence-electron chi connectivity index (χ2n) is 13.3. The van der Waals surface area contributed by atoms with Crippen LogP contribution in [0.15, 0.2) is 47.6 Å². The molecule has 43 heavy (non-hydrogen) atoms. The van der Waals surface area contributed by atoms with Gasteiger partial charge in [0.25, 0.3) is 5.60 Å². The van der Waals surface area contributed by atoms with Gasteiger partial charge in [-0.25, -0.2) is 0 Å². The molecule has 0 radical (unpaired) electrons. The topological polar surface area (TPSA) is 80.9 Å². The Morgan fingerprint density at radius 1 is 1.02 bits per heavy atom. The molecule has 0 aromatic carbocycles. The van der Waals surface area contributed by atoms with Crippen LogP contribution in [0.5, 0.6) is 0 Å². The third kappa shape index (κ3) is 7.79. The Bertz CT molecular complexity index is 1280. The maximum absolute atomic E-state index is 13.5. The highest BCUT2D eigenvalue weighted by atomic mass is 19.4. The van der Waals surface area contributed by atoms with Crippen molar-refractivity contribution in [2.75, 3.05) is 0 Å². The lowest BCUT2D eigenvalue weighted by Crippen LogP contribution is -2.55. The molecule has 0 aromatic heterocycles. The lowest BCUT2D eigenvalue weighted by Gasteiger charge is -2.49. The van der Waals surface area contributed by atoms with Crippen molar-refractivity contribution in [3.05, 3.63) is 47.6 Å². The number of fused-ring (bicyclic) bond motifs is 1. The SMILES string of the molecule is [2H]C([2H])([2H])C(O)(CCC[C@@](C)(C/C=C\C(O)(C(F)(F)F)C(F)(F)F)[C@H]1CC[C@H]2/C(=C/C=C3/C[C@@H](O)C[C@H](O)C3=C)CCC[C@]12C)C([2H])([2H])[2H]. The summed E-state index contributed by atoms with van der Waals surface area (Å²) >= 11 is 0. The van der Waals surface area contributed by atoms with Crippen LogP contribution in [0.2, 0.25) is 0 Å². The fourth-order valence-electron chi connectivity index (χ4n) is 7.86. The fourth-order valence-corrected chi connectivity index (χ4v) is 7.86. The van der Waals surface area contributed by atoms with Crippen molar-refractivity contribution in [1.29, 1.82) is 0 Å². The summed E-state index contributed by atoms with van der Waals surface area (Å²) < 4.78 is 127. The van der Waals surface area contributed by atoms with E-state index in [9.17, 15) is 46.8 Å². The monoisotopic (exact) mass is 628 g/mol. The molecule has 3 rings (SSSR count). The van der Waals surface area contributed by atoms with E-state index in [-0.39, 0.29) is 43.6 Å². The molecule has 0 amide bonds. The summed E-state index contributed by atoms with van der Waals surface area (Å²) in [6.07, 6.45) is -7.24. The summed E-state index contributed by atoms with van der Waals surface area (Å²) in [5.74, 6) is -0.375. The molecule has 6 atom stereocenters. The number of hydrogen-bond donors (Lipinski definition) is 4. The van der Waals surface area contributed by atoms with Gasteiger partial charge in [-0.15, -0.1) is 0 Å². The number of hydrogen-bond acceptors (Lipinski definition) is 4. The van der Waals surface area contributed by atoms with Crippen LogP contribution in [0.4, 0.5) is 26.3 Å². The predicted molar refractivity (Wildman–Crippen MR) is 154 cm³/mol. The highest BCUT2D eigenvalue weighted by molar-refractivity contribution is 5.38. The van der Waals surface area contributed by atoms with Crippen LogP contribution in [-0.4, -0.2) is 56.2 Å². The molecule has 0 unspecified atom stereocenters. The molecule has 0 aromatic rings. The normalized spacial score (nSPS) is 35.6. The average Bonchev–Trinajstić information content (AvgIpc) is 3.29. The third-order valence-electron chi connectivity index (χ3n) is 10.2. The Morgan fingerprint density at radius 2 is 1.67 bits per heavy atom. The van der Waals surface area contributed by atoms with E-state index in [2.05, 4.69) is 6.58 Å². The summed E-state index contributed by atoms with van der Waals surface area (Å²) in [6.45, 7) is 1.00. The molecule has 3 saturated carbocycles. The Balaban J connectivity index is 2.01. The minimum absolute atomic E-state index is 0.0338. The molecule has 0 heterocycles. The average molecular weight is 629 g/mol. The maximum atomic E-state index is 13.5. The van der Waals surface area contributed by atoms with Crippen molar-refractivity contribution in [3.63, 3.8) is 0 Å². The van der Waals surface area contributed by atoms with E-state index < -0.39 is 66.7 Å². The second kappa shape index (κ2) is 12.6. The van der Waals surface area contributed by atoms with Crippen LogP contribution in [-0.2, 0) is 0 Å². The first-order valence-electron chi connectivity index (χ1n) is 17.7. The zero-order valence-corrected chi connectivity index (χ0v) is 24.7. The molecule has 3 aliphatic carbocycles. The molecule has 4 nitrogen and oxygen atoms in total. The van der Waals surface area contributed by atoms with Crippen LogP contribution in [0.3, 0.4) is 0 Å². The number of alkyl halides is 6. The van der Waals surface area contributed by atoms with E-state index in [1.807, 2.05) is 19.1 Å². The van der Waals surface area contributed by atoms with E-state index in [1.165, 1.54) is 0 Å².